The van der Waals surface area contributed by atoms with E-state index in [9.17, 15) is 0 Å². The van der Waals surface area contributed by atoms with Crippen molar-refractivity contribution in [2.45, 2.75) is 40.2 Å². The van der Waals surface area contributed by atoms with Gasteiger partial charge in [0, 0.05) is 6.04 Å². The number of rotatable bonds is 6. The molecule has 1 aromatic rings. The van der Waals surface area contributed by atoms with Gasteiger partial charge in [0.1, 0.15) is 0 Å². The zero-order chi connectivity index (χ0) is 11.3. The lowest BCUT2D eigenvalue weighted by Crippen LogP contribution is -2.29. The van der Waals surface area contributed by atoms with Crippen molar-refractivity contribution >= 4 is 11.3 Å². The van der Waals surface area contributed by atoms with Gasteiger partial charge in [-0.05, 0) is 47.2 Å². The lowest BCUT2D eigenvalue weighted by Gasteiger charge is -2.27. The van der Waals surface area contributed by atoms with Gasteiger partial charge in [0.05, 0.1) is 0 Å². The highest BCUT2D eigenvalue weighted by Crippen LogP contribution is 2.28. The normalized spacial score (nSPS) is 15.5. The molecule has 0 saturated heterocycles. The minimum absolute atomic E-state index is 0.524. The third-order valence-corrected chi connectivity index (χ3v) is 3.80. The van der Waals surface area contributed by atoms with Crippen LogP contribution in [0.5, 0.6) is 0 Å². The quantitative estimate of drug-likeness (QED) is 0.769. The molecule has 1 aromatic heterocycles. The Morgan fingerprint density at radius 1 is 1.33 bits per heavy atom. The summed E-state index contributed by atoms with van der Waals surface area (Å²) in [5, 5.41) is 8.10. The Kier molecular flexibility index (Phi) is 5.34. The van der Waals surface area contributed by atoms with Gasteiger partial charge in [-0.1, -0.05) is 27.7 Å². The number of nitrogens with one attached hydrogen (secondary N) is 1. The van der Waals surface area contributed by atoms with Crippen molar-refractivity contribution in [2.24, 2.45) is 11.8 Å². The Labute approximate surface area is 97.9 Å². The molecule has 0 amide bonds. The molecule has 1 rings (SSSR count). The van der Waals surface area contributed by atoms with Crippen molar-refractivity contribution in [1.82, 2.24) is 5.32 Å². The first-order valence-corrected chi connectivity index (χ1v) is 6.86. The Hall–Kier alpha value is -0.340. The molecule has 0 spiro atoms. The van der Waals surface area contributed by atoms with E-state index in [2.05, 4.69) is 49.8 Å². The van der Waals surface area contributed by atoms with Crippen molar-refractivity contribution < 1.29 is 0 Å². The van der Waals surface area contributed by atoms with Crippen molar-refractivity contribution in [2.75, 3.05) is 6.54 Å². The number of hydrogen-bond acceptors (Lipinski definition) is 2. The van der Waals surface area contributed by atoms with Crippen molar-refractivity contribution in [3.05, 3.63) is 22.4 Å². The zero-order valence-electron chi connectivity index (χ0n) is 10.3. The van der Waals surface area contributed by atoms with E-state index in [0.717, 1.165) is 12.5 Å². The molecule has 1 N–H and O–H groups in total. The third kappa shape index (κ3) is 3.62. The molecular weight excluding hydrogens is 202 g/mol. The molecule has 2 unspecified atom stereocenters. The number of hydrogen-bond donors (Lipinski definition) is 1. The molecule has 0 saturated carbocycles. The van der Waals surface area contributed by atoms with Crippen LogP contribution >= 0.6 is 11.3 Å². The zero-order valence-corrected chi connectivity index (χ0v) is 11.1. The van der Waals surface area contributed by atoms with Gasteiger partial charge in [0.2, 0.25) is 0 Å². The summed E-state index contributed by atoms with van der Waals surface area (Å²) in [6.45, 7) is 10.3. The van der Waals surface area contributed by atoms with Crippen LogP contribution in [0.4, 0.5) is 0 Å². The average molecular weight is 225 g/mol. The summed E-state index contributed by atoms with van der Waals surface area (Å²) in [5.41, 5.74) is 1.45. The highest BCUT2D eigenvalue weighted by atomic mass is 32.1. The predicted molar refractivity (Wildman–Crippen MR) is 69.4 cm³/mol. The molecule has 0 aromatic carbocycles. The van der Waals surface area contributed by atoms with Crippen LogP contribution in [0.1, 0.15) is 45.7 Å². The first-order valence-electron chi connectivity index (χ1n) is 5.92. The third-order valence-electron chi connectivity index (χ3n) is 3.09. The molecule has 2 heteroatoms. The van der Waals surface area contributed by atoms with Crippen molar-refractivity contribution in [1.29, 1.82) is 0 Å². The molecule has 0 radical (unpaired) electrons. The lowest BCUT2D eigenvalue weighted by molar-refractivity contribution is 0.304. The van der Waals surface area contributed by atoms with Crippen LogP contribution in [0, 0.1) is 11.8 Å². The van der Waals surface area contributed by atoms with E-state index < -0.39 is 0 Å². The first-order chi connectivity index (χ1) is 7.16. The molecule has 0 aliphatic rings. The highest BCUT2D eigenvalue weighted by molar-refractivity contribution is 7.07. The summed E-state index contributed by atoms with van der Waals surface area (Å²) in [6.07, 6.45) is 1.20. The summed E-state index contributed by atoms with van der Waals surface area (Å²) in [6, 6.07) is 2.77. The van der Waals surface area contributed by atoms with Gasteiger partial charge >= 0.3 is 0 Å². The van der Waals surface area contributed by atoms with Crippen LogP contribution in [0.15, 0.2) is 16.8 Å². The van der Waals surface area contributed by atoms with Crippen LogP contribution in [0.3, 0.4) is 0 Å². The maximum Gasteiger partial charge on any atom is 0.0356 e. The smallest absolute Gasteiger partial charge is 0.0356 e. The molecule has 15 heavy (non-hydrogen) atoms. The van der Waals surface area contributed by atoms with Gasteiger partial charge in [-0.25, -0.2) is 0 Å². The Morgan fingerprint density at radius 3 is 2.53 bits per heavy atom. The molecule has 2 atom stereocenters. The molecule has 0 bridgehead atoms. The molecule has 0 fully saturated rings. The monoisotopic (exact) mass is 225 g/mol. The standard InChI is InChI=1S/C13H23NS/c1-5-7-14-13(11(4)10(2)3)12-6-8-15-9-12/h6,8-11,13-14H,5,7H2,1-4H3. The summed E-state index contributed by atoms with van der Waals surface area (Å²) in [4.78, 5) is 0. The second-order valence-electron chi connectivity index (χ2n) is 4.59. The van der Waals surface area contributed by atoms with Crippen molar-refractivity contribution in [3.8, 4) is 0 Å². The summed E-state index contributed by atoms with van der Waals surface area (Å²) < 4.78 is 0. The van der Waals surface area contributed by atoms with E-state index in [4.69, 9.17) is 0 Å². The van der Waals surface area contributed by atoms with E-state index in [1.54, 1.807) is 11.3 Å². The summed E-state index contributed by atoms with van der Waals surface area (Å²) in [7, 11) is 0. The predicted octanol–water partition coefficient (Wildman–Crippen LogP) is 4.08. The fourth-order valence-corrected chi connectivity index (χ4v) is 2.44. The van der Waals surface area contributed by atoms with E-state index in [0.29, 0.717) is 12.0 Å². The van der Waals surface area contributed by atoms with E-state index in [1.807, 2.05) is 0 Å². The number of thiophene rings is 1. The van der Waals surface area contributed by atoms with Crippen molar-refractivity contribution in [3.63, 3.8) is 0 Å². The SMILES string of the molecule is CCCNC(c1ccsc1)C(C)C(C)C. The maximum absolute atomic E-state index is 3.66. The van der Waals surface area contributed by atoms with Gasteiger partial charge < -0.3 is 5.32 Å². The average Bonchev–Trinajstić information content (AvgIpc) is 2.71. The van der Waals surface area contributed by atoms with Gasteiger partial charge in [-0.15, -0.1) is 0 Å². The van der Waals surface area contributed by atoms with Gasteiger partial charge in [0.15, 0.2) is 0 Å². The van der Waals surface area contributed by atoms with Gasteiger partial charge in [0.25, 0.3) is 0 Å². The van der Waals surface area contributed by atoms with Crippen LogP contribution in [-0.2, 0) is 0 Å². The highest BCUT2D eigenvalue weighted by Gasteiger charge is 2.21. The van der Waals surface area contributed by atoms with E-state index in [1.165, 1.54) is 12.0 Å². The summed E-state index contributed by atoms with van der Waals surface area (Å²) in [5.74, 6) is 1.41. The first kappa shape index (κ1) is 12.7. The van der Waals surface area contributed by atoms with E-state index in [-0.39, 0.29) is 0 Å². The molecule has 0 aliphatic heterocycles. The second-order valence-corrected chi connectivity index (χ2v) is 5.37. The molecule has 0 aliphatic carbocycles. The molecule has 1 heterocycles. The van der Waals surface area contributed by atoms with Crippen LogP contribution in [0.25, 0.3) is 0 Å². The molecule has 1 nitrogen and oxygen atoms in total. The fraction of sp³-hybridized carbons (Fsp3) is 0.692. The maximum atomic E-state index is 3.66. The van der Waals surface area contributed by atoms with Gasteiger partial charge in [-0.3, -0.25) is 0 Å². The Balaban J connectivity index is 2.69. The molecule has 86 valence electrons. The fourth-order valence-electron chi connectivity index (χ4n) is 1.74. The topological polar surface area (TPSA) is 12.0 Å². The second kappa shape index (κ2) is 6.29. The van der Waals surface area contributed by atoms with E-state index >= 15 is 0 Å². The minimum Gasteiger partial charge on any atom is -0.310 e. The van der Waals surface area contributed by atoms with Crippen LogP contribution in [-0.4, -0.2) is 6.54 Å². The largest absolute Gasteiger partial charge is 0.310 e. The van der Waals surface area contributed by atoms with Gasteiger partial charge in [-0.2, -0.15) is 11.3 Å². The molecular formula is C13H23NS. The minimum atomic E-state index is 0.524. The Morgan fingerprint density at radius 2 is 2.07 bits per heavy atom. The summed E-state index contributed by atoms with van der Waals surface area (Å²) >= 11 is 1.79. The Bertz CT molecular complexity index is 254. The van der Waals surface area contributed by atoms with Crippen LogP contribution in [0.2, 0.25) is 0 Å². The van der Waals surface area contributed by atoms with Crippen LogP contribution < -0.4 is 5.32 Å². The lowest BCUT2D eigenvalue weighted by atomic mass is 9.87.